The molecule has 0 bridgehead atoms. The minimum absolute atomic E-state index is 0.0908. The first-order chi connectivity index (χ1) is 9.59. The molecule has 0 aromatic heterocycles. The lowest BCUT2D eigenvalue weighted by Crippen LogP contribution is -2.47. The van der Waals surface area contributed by atoms with E-state index in [9.17, 15) is 9.90 Å². The third kappa shape index (κ3) is 3.85. The standard InChI is InChI=1S/C14H18Cl2N2O2/c15-9-4-3-5-10(16)13(9)12(19)8-18-14(20)11-6-1-2-7-17-11/h3-5,11-12,17,19H,1-2,6-8H2,(H,18,20)/t11-,12-/m1/s1. The highest BCUT2D eigenvalue weighted by Gasteiger charge is 2.22. The highest BCUT2D eigenvalue weighted by molar-refractivity contribution is 6.36. The number of hydrogen-bond acceptors (Lipinski definition) is 3. The maximum Gasteiger partial charge on any atom is 0.237 e. The molecule has 1 aliphatic heterocycles. The lowest BCUT2D eigenvalue weighted by atomic mass is 10.0. The molecule has 1 aromatic carbocycles. The lowest BCUT2D eigenvalue weighted by Gasteiger charge is -2.23. The Morgan fingerprint density at radius 2 is 2.10 bits per heavy atom. The van der Waals surface area contributed by atoms with E-state index < -0.39 is 6.10 Å². The summed E-state index contributed by atoms with van der Waals surface area (Å²) in [5, 5.41) is 16.8. The second kappa shape index (κ2) is 7.27. The van der Waals surface area contributed by atoms with Crippen molar-refractivity contribution >= 4 is 29.1 Å². The zero-order valence-electron chi connectivity index (χ0n) is 11.0. The van der Waals surface area contributed by atoms with Gasteiger partial charge in [-0.15, -0.1) is 0 Å². The van der Waals surface area contributed by atoms with Crippen molar-refractivity contribution in [1.29, 1.82) is 0 Å². The average molecular weight is 317 g/mol. The molecule has 1 heterocycles. The number of aliphatic hydroxyl groups excluding tert-OH is 1. The van der Waals surface area contributed by atoms with Gasteiger partial charge in [0.25, 0.3) is 0 Å². The Morgan fingerprint density at radius 1 is 1.40 bits per heavy atom. The summed E-state index contributed by atoms with van der Waals surface area (Å²) in [6, 6.07) is 4.87. The van der Waals surface area contributed by atoms with Crippen LogP contribution in [0, 0.1) is 0 Å². The fraction of sp³-hybridized carbons (Fsp3) is 0.500. The SMILES string of the molecule is O=C(NC[C@@H](O)c1c(Cl)cccc1Cl)[C@H]1CCCCN1. The van der Waals surface area contributed by atoms with Crippen molar-refractivity contribution in [3.05, 3.63) is 33.8 Å². The van der Waals surface area contributed by atoms with Crippen molar-refractivity contribution in [2.24, 2.45) is 0 Å². The molecule has 110 valence electrons. The third-order valence-corrected chi connectivity index (χ3v) is 4.09. The van der Waals surface area contributed by atoms with E-state index in [2.05, 4.69) is 10.6 Å². The molecule has 3 N–H and O–H groups in total. The number of aliphatic hydroxyl groups is 1. The van der Waals surface area contributed by atoms with Crippen molar-refractivity contribution in [2.75, 3.05) is 13.1 Å². The van der Waals surface area contributed by atoms with E-state index in [-0.39, 0.29) is 18.5 Å². The van der Waals surface area contributed by atoms with Crippen LogP contribution in [-0.2, 0) is 4.79 Å². The molecule has 1 fully saturated rings. The van der Waals surface area contributed by atoms with Crippen LogP contribution in [0.3, 0.4) is 0 Å². The molecule has 6 heteroatoms. The molecule has 1 aliphatic rings. The number of benzene rings is 1. The fourth-order valence-corrected chi connectivity index (χ4v) is 2.98. The molecule has 0 radical (unpaired) electrons. The predicted octanol–water partition coefficient (Wildman–Crippen LogP) is 2.29. The number of carbonyl (C=O) groups is 1. The summed E-state index contributed by atoms with van der Waals surface area (Å²) < 4.78 is 0. The van der Waals surface area contributed by atoms with Crippen molar-refractivity contribution < 1.29 is 9.90 Å². The molecule has 0 aliphatic carbocycles. The maximum atomic E-state index is 12.0. The van der Waals surface area contributed by atoms with Gasteiger partial charge in [-0.05, 0) is 31.5 Å². The molecule has 1 amide bonds. The number of amides is 1. The smallest absolute Gasteiger partial charge is 0.237 e. The molecule has 20 heavy (non-hydrogen) atoms. The van der Waals surface area contributed by atoms with E-state index in [0.29, 0.717) is 15.6 Å². The first kappa shape index (κ1) is 15.6. The Hall–Kier alpha value is -0.810. The number of rotatable bonds is 4. The van der Waals surface area contributed by atoms with Crippen molar-refractivity contribution in [2.45, 2.75) is 31.4 Å². The number of halogens is 2. The lowest BCUT2D eigenvalue weighted by molar-refractivity contribution is -0.124. The molecule has 2 rings (SSSR count). The predicted molar refractivity (Wildman–Crippen MR) is 80.1 cm³/mol. The molecule has 0 saturated carbocycles. The van der Waals surface area contributed by atoms with Gasteiger partial charge < -0.3 is 15.7 Å². The molecule has 4 nitrogen and oxygen atoms in total. The minimum Gasteiger partial charge on any atom is -0.386 e. The van der Waals surface area contributed by atoms with Gasteiger partial charge in [0.05, 0.1) is 12.1 Å². The Bertz CT molecular complexity index is 456. The fourth-order valence-electron chi connectivity index (χ4n) is 2.33. The first-order valence-electron chi connectivity index (χ1n) is 6.72. The molecule has 1 aromatic rings. The van der Waals surface area contributed by atoms with E-state index in [0.717, 1.165) is 25.8 Å². The van der Waals surface area contributed by atoms with Crippen LogP contribution in [-0.4, -0.2) is 30.1 Å². The summed E-state index contributed by atoms with van der Waals surface area (Å²) in [5.74, 6) is -0.0908. The van der Waals surface area contributed by atoms with Crippen molar-refractivity contribution in [3.8, 4) is 0 Å². The average Bonchev–Trinajstić information content (AvgIpc) is 2.45. The summed E-state index contributed by atoms with van der Waals surface area (Å²) in [6.07, 6.45) is 2.06. The second-order valence-corrected chi connectivity index (χ2v) is 5.71. The highest BCUT2D eigenvalue weighted by Crippen LogP contribution is 2.29. The molecular weight excluding hydrogens is 299 g/mol. The van der Waals surface area contributed by atoms with Gasteiger partial charge in [0.2, 0.25) is 5.91 Å². The quantitative estimate of drug-likeness (QED) is 0.798. The monoisotopic (exact) mass is 316 g/mol. The van der Waals surface area contributed by atoms with Gasteiger partial charge in [0.1, 0.15) is 0 Å². The number of hydrogen-bond donors (Lipinski definition) is 3. The Balaban J connectivity index is 1.91. The van der Waals surface area contributed by atoms with Crippen LogP contribution in [0.25, 0.3) is 0 Å². The van der Waals surface area contributed by atoms with Crippen LogP contribution >= 0.6 is 23.2 Å². The molecular formula is C14H18Cl2N2O2. The molecule has 2 atom stereocenters. The largest absolute Gasteiger partial charge is 0.386 e. The van der Waals surface area contributed by atoms with Crippen LogP contribution in [0.4, 0.5) is 0 Å². The van der Waals surface area contributed by atoms with Crippen LogP contribution < -0.4 is 10.6 Å². The summed E-state index contributed by atoms with van der Waals surface area (Å²) in [4.78, 5) is 12.0. The molecule has 0 spiro atoms. The van der Waals surface area contributed by atoms with Gasteiger partial charge in [0, 0.05) is 22.2 Å². The maximum absolute atomic E-state index is 12.0. The highest BCUT2D eigenvalue weighted by atomic mass is 35.5. The van der Waals surface area contributed by atoms with Crippen LogP contribution in [0.15, 0.2) is 18.2 Å². The summed E-state index contributed by atoms with van der Waals surface area (Å²) in [6.45, 7) is 0.956. The molecule has 1 saturated heterocycles. The molecule has 0 unspecified atom stereocenters. The Labute approximate surface area is 128 Å². The van der Waals surface area contributed by atoms with E-state index in [1.165, 1.54) is 0 Å². The Kier molecular flexibility index (Phi) is 5.66. The zero-order valence-corrected chi connectivity index (χ0v) is 12.5. The van der Waals surface area contributed by atoms with E-state index in [4.69, 9.17) is 23.2 Å². The Morgan fingerprint density at radius 3 is 2.70 bits per heavy atom. The van der Waals surface area contributed by atoms with Crippen molar-refractivity contribution in [3.63, 3.8) is 0 Å². The van der Waals surface area contributed by atoms with Crippen LogP contribution in [0.1, 0.15) is 30.9 Å². The van der Waals surface area contributed by atoms with Gasteiger partial charge in [-0.2, -0.15) is 0 Å². The topological polar surface area (TPSA) is 61.4 Å². The minimum atomic E-state index is -0.913. The number of carbonyl (C=O) groups excluding carboxylic acids is 1. The van der Waals surface area contributed by atoms with E-state index >= 15 is 0 Å². The van der Waals surface area contributed by atoms with Crippen LogP contribution in [0.2, 0.25) is 10.0 Å². The zero-order chi connectivity index (χ0) is 14.5. The number of piperidine rings is 1. The summed E-state index contributed by atoms with van der Waals surface area (Å²) >= 11 is 12.0. The van der Waals surface area contributed by atoms with Gasteiger partial charge in [-0.25, -0.2) is 0 Å². The normalized spacial score (nSPS) is 20.4. The summed E-state index contributed by atoms with van der Waals surface area (Å²) in [7, 11) is 0. The first-order valence-corrected chi connectivity index (χ1v) is 7.48. The van der Waals surface area contributed by atoms with Gasteiger partial charge >= 0.3 is 0 Å². The van der Waals surface area contributed by atoms with Gasteiger partial charge in [0.15, 0.2) is 0 Å². The second-order valence-electron chi connectivity index (χ2n) is 4.90. The number of nitrogens with one attached hydrogen (secondary N) is 2. The third-order valence-electron chi connectivity index (χ3n) is 3.43. The van der Waals surface area contributed by atoms with Gasteiger partial charge in [-0.1, -0.05) is 35.7 Å². The van der Waals surface area contributed by atoms with Crippen molar-refractivity contribution in [1.82, 2.24) is 10.6 Å². The van der Waals surface area contributed by atoms with Crippen LogP contribution in [0.5, 0.6) is 0 Å². The van der Waals surface area contributed by atoms with E-state index in [1.807, 2.05) is 0 Å². The summed E-state index contributed by atoms with van der Waals surface area (Å²) in [5.41, 5.74) is 0.452. The van der Waals surface area contributed by atoms with Gasteiger partial charge in [-0.3, -0.25) is 4.79 Å². The van der Waals surface area contributed by atoms with E-state index in [1.54, 1.807) is 18.2 Å².